The summed E-state index contributed by atoms with van der Waals surface area (Å²) in [6.07, 6.45) is 2.21. The quantitative estimate of drug-likeness (QED) is 0.596. The highest BCUT2D eigenvalue weighted by Crippen LogP contribution is 2.27. The number of rotatable bonds is 7. The third kappa shape index (κ3) is 5.85. The van der Waals surface area contributed by atoms with Crippen LogP contribution in [0.4, 0.5) is 21.9 Å². The molecule has 3 N–H and O–H groups in total. The largest absolute Gasteiger partial charge is 0.383 e. The Hall–Kier alpha value is -2.77. The minimum Gasteiger partial charge on any atom is -0.383 e. The molecule has 154 valence electrons. The molecule has 29 heavy (non-hydrogen) atoms. The lowest BCUT2D eigenvalue weighted by molar-refractivity contribution is 0.0937. The van der Waals surface area contributed by atoms with E-state index in [-0.39, 0.29) is 5.91 Å². The molecule has 8 heteroatoms. The molecule has 1 aliphatic rings. The van der Waals surface area contributed by atoms with Crippen LogP contribution in [-0.4, -0.2) is 45.3 Å². The van der Waals surface area contributed by atoms with Crippen LogP contribution in [0.2, 0.25) is 5.02 Å². The number of methoxy groups -OCH3 is 1. The van der Waals surface area contributed by atoms with Crippen molar-refractivity contribution >= 4 is 40.6 Å². The minimum atomic E-state index is -0.396. The molecule has 2 aromatic rings. The van der Waals surface area contributed by atoms with Crippen LogP contribution in [0.15, 0.2) is 42.5 Å². The lowest BCUT2D eigenvalue weighted by Crippen LogP contribution is -2.30. The first kappa shape index (κ1) is 21.0. The number of halogens is 1. The van der Waals surface area contributed by atoms with Crippen LogP contribution in [0.1, 0.15) is 23.2 Å². The zero-order valence-electron chi connectivity index (χ0n) is 16.3. The fourth-order valence-electron chi connectivity index (χ4n) is 3.22. The van der Waals surface area contributed by atoms with Crippen molar-refractivity contribution in [3.8, 4) is 0 Å². The molecule has 1 saturated heterocycles. The molecule has 3 amide bonds. The van der Waals surface area contributed by atoms with E-state index >= 15 is 0 Å². The van der Waals surface area contributed by atoms with Crippen molar-refractivity contribution in [3.05, 3.63) is 53.1 Å². The van der Waals surface area contributed by atoms with Gasteiger partial charge in [-0.25, -0.2) is 4.79 Å². The number of nitrogens with one attached hydrogen (secondary N) is 3. The van der Waals surface area contributed by atoms with Crippen LogP contribution in [0.3, 0.4) is 0 Å². The van der Waals surface area contributed by atoms with Crippen molar-refractivity contribution in [1.82, 2.24) is 5.32 Å². The van der Waals surface area contributed by atoms with Gasteiger partial charge in [-0.05, 0) is 55.3 Å². The Bertz CT molecular complexity index is 852. The number of hydrogen-bond acceptors (Lipinski definition) is 4. The van der Waals surface area contributed by atoms with Gasteiger partial charge in [-0.1, -0.05) is 11.6 Å². The summed E-state index contributed by atoms with van der Waals surface area (Å²) in [6.45, 7) is 2.69. The molecular formula is C21H25ClN4O3. The van der Waals surface area contributed by atoms with Gasteiger partial charge >= 0.3 is 6.03 Å². The molecule has 0 atom stereocenters. The first-order chi connectivity index (χ1) is 14.1. The highest BCUT2D eigenvalue weighted by molar-refractivity contribution is 6.30. The summed E-state index contributed by atoms with van der Waals surface area (Å²) < 4.78 is 5.00. The first-order valence-electron chi connectivity index (χ1n) is 9.56. The third-order valence-corrected chi connectivity index (χ3v) is 4.89. The molecule has 0 aromatic heterocycles. The predicted molar refractivity (Wildman–Crippen MR) is 116 cm³/mol. The SMILES string of the molecule is COCCNC(=O)c1cc(NC(=O)Nc2ccc(Cl)cc2)ccc1N1CCCC1. The molecule has 0 bridgehead atoms. The van der Waals surface area contributed by atoms with E-state index < -0.39 is 6.03 Å². The molecule has 1 aliphatic heterocycles. The third-order valence-electron chi connectivity index (χ3n) is 4.64. The van der Waals surface area contributed by atoms with Gasteiger partial charge in [-0.3, -0.25) is 4.79 Å². The maximum absolute atomic E-state index is 12.7. The predicted octanol–water partition coefficient (Wildman–Crippen LogP) is 3.96. The van der Waals surface area contributed by atoms with Gasteiger partial charge in [0.2, 0.25) is 0 Å². The van der Waals surface area contributed by atoms with E-state index in [0.29, 0.717) is 35.1 Å². The fraction of sp³-hybridized carbons (Fsp3) is 0.333. The summed E-state index contributed by atoms with van der Waals surface area (Å²) in [5, 5.41) is 8.97. The Morgan fingerprint density at radius 3 is 2.38 bits per heavy atom. The standard InChI is InChI=1S/C21H25ClN4O3/c1-29-13-10-23-20(27)18-14-17(8-9-19(18)26-11-2-3-12-26)25-21(28)24-16-6-4-15(22)5-7-16/h4-9,14H,2-3,10-13H2,1H3,(H,23,27)(H2,24,25,28). The highest BCUT2D eigenvalue weighted by Gasteiger charge is 2.20. The Labute approximate surface area is 175 Å². The van der Waals surface area contributed by atoms with E-state index in [1.54, 1.807) is 43.5 Å². The Morgan fingerprint density at radius 2 is 1.69 bits per heavy atom. The number of nitrogens with zero attached hydrogens (tertiary/aromatic N) is 1. The Kier molecular flexibility index (Phi) is 7.32. The lowest BCUT2D eigenvalue weighted by Gasteiger charge is -2.22. The van der Waals surface area contributed by atoms with Crippen molar-refractivity contribution in [3.63, 3.8) is 0 Å². The lowest BCUT2D eigenvalue weighted by atomic mass is 10.1. The first-order valence-corrected chi connectivity index (χ1v) is 9.94. The molecular weight excluding hydrogens is 392 g/mol. The topological polar surface area (TPSA) is 82.7 Å². The van der Waals surface area contributed by atoms with E-state index in [0.717, 1.165) is 31.6 Å². The van der Waals surface area contributed by atoms with Gasteiger partial charge in [-0.2, -0.15) is 0 Å². The van der Waals surface area contributed by atoms with Gasteiger partial charge in [0, 0.05) is 48.8 Å². The summed E-state index contributed by atoms with van der Waals surface area (Å²) in [5.74, 6) is -0.189. The van der Waals surface area contributed by atoms with Crippen molar-refractivity contribution < 1.29 is 14.3 Å². The second-order valence-electron chi connectivity index (χ2n) is 6.76. The van der Waals surface area contributed by atoms with E-state index in [2.05, 4.69) is 20.9 Å². The number of carbonyl (C=O) groups is 2. The summed E-state index contributed by atoms with van der Waals surface area (Å²) >= 11 is 5.86. The van der Waals surface area contributed by atoms with Gasteiger partial charge < -0.3 is 25.6 Å². The van der Waals surface area contributed by atoms with Gasteiger partial charge in [-0.15, -0.1) is 0 Å². The second kappa shape index (κ2) is 10.1. The number of anilines is 3. The minimum absolute atomic E-state index is 0.189. The molecule has 1 heterocycles. The number of hydrogen-bond donors (Lipinski definition) is 3. The van der Waals surface area contributed by atoms with Crippen LogP contribution in [0.25, 0.3) is 0 Å². The molecule has 0 spiro atoms. The average Bonchev–Trinajstić information content (AvgIpc) is 3.24. The van der Waals surface area contributed by atoms with Gasteiger partial charge in [0.25, 0.3) is 5.91 Å². The van der Waals surface area contributed by atoms with Crippen LogP contribution in [0.5, 0.6) is 0 Å². The number of ether oxygens (including phenoxy) is 1. The molecule has 0 saturated carbocycles. The number of amides is 3. The van der Waals surface area contributed by atoms with Gasteiger partial charge in [0.1, 0.15) is 0 Å². The van der Waals surface area contributed by atoms with Gasteiger partial charge in [0.05, 0.1) is 12.2 Å². The summed E-state index contributed by atoms with van der Waals surface area (Å²) in [5.41, 5.74) is 2.57. The zero-order valence-corrected chi connectivity index (χ0v) is 17.1. The van der Waals surface area contributed by atoms with Gasteiger partial charge in [0.15, 0.2) is 0 Å². The normalized spacial score (nSPS) is 13.2. The van der Waals surface area contributed by atoms with Crippen LogP contribution >= 0.6 is 11.6 Å². The van der Waals surface area contributed by atoms with Crippen molar-refractivity contribution in [1.29, 1.82) is 0 Å². The molecule has 0 radical (unpaired) electrons. The fourth-order valence-corrected chi connectivity index (χ4v) is 3.34. The van der Waals surface area contributed by atoms with E-state index in [1.165, 1.54) is 0 Å². The van der Waals surface area contributed by atoms with Crippen LogP contribution in [0, 0.1) is 0 Å². The monoisotopic (exact) mass is 416 g/mol. The van der Waals surface area contributed by atoms with Crippen LogP contribution < -0.4 is 20.9 Å². The Balaban J connectivity index is 1.74. The molecule has 3 rings (SSSR count). The smallest absolute Gasteiger partial charge is 0.323 e. The summed E-state index contributed by atoms with van der Waals surface area (Å²) in [7, 11) is 1.59. The second-order valence-corrected chi connectivity index (χ2v) is 7.20. The summed E-state index contributed by atoms with van der Waals surface area (Å²) in [4.78, 5) is 27.2. The highest BCUT2D eigenvalue weighted by atomic mass is 35.5. The van der Waals surface area contributed by atoms with E-state index in [9.17, 15) is 9.59 Å². The van der Waals surface area contributed by atoms with Crippen molar-refractivity contribution in [2.24, 2.45) is 0 Å². The molecule has 7 nitrogen and oxygen atoms in total. The van der Waals surface area contributed by atoms with E-state index in [1.807, 2.05) is 6.07 Å². The molecule has 0 aliphatic carbocycles. The number of urea groups is 1. The Morgan fingerprint density at radius 1 is 1.03 bits per heavy atom. The average molecular weight is 417 g/mol. The number of benzene rings is 2. The van der Waals surface area contributed by atoms with Crippen molar-refractivity contribution in [2.45, 2.75) is 12.8 Å². The molecule has 0 unspecified atom stereocenters. The maximum Gasteiger partial charge on any atom is 0.323 e. The van der Waals surface area contributed by atoms with E-state index in [4.69, 9.17) is 16.3 Å². The molecule has 1 fully saturated rings. The van der Waals surface area contributed by atoms with Crippen LogP contribution in [-0.2, 0) is 4.74 Å². The zero-order chi connectivity index (χ0) is 20.6. The maximum atomic E-state index is 12.7. The van der Waals surface area contributed by atoms with Crippen molar-refractivity contribution in [2.75, 3.05) is 48.9 Å². The summed E-state index contributed by atoms with van der Waals surface area (Å²) in [6, 6.07) is 11.8. The molecule has 2 aromatic carbocycles. The number of carbonyl (C=O) groups excluding carboxylic acids is 2.